The van der Waals surface area contributed by atoms with Gasteiger partial charge in [0.2, 0.25) is 0 Å². The molecule has 1 amide bonds. The zero-order valence-corrected chi connectivity index (χ0v) is 7.25. The van der Waals surface area contributed by atoms with Crippen molar-refractivity contribution in [3.63, 3.8) is 0 Å². The number of nitrogens with zero attached hydrogens (tertiary/aromatic N) is 1. The van der Waals surface area contributed by atoms with Crippen LogP contribution in [0, 0.1) is 5.92 Å². The summed E-state index contributed by atoms with van der Waals surface area (Å²) >= 11 is 0. The highest BCUT2D eigenvalue weighted by Gasteiger charge is 2.28. The maximum absolute atomic E-state index is 12.0. The molecule has 0 saturated carbocycles. The van der Waals surface area contributed by atoms with Gasteiger partial charge in [0, 0.05) is 19.7 Å². The van der Waals surface area contributed by atoms with Crippen LogP contribution in [0.3, 0.4) is 0 Å². The summed E-state index contributed by atoms with van der Waals surface area (Å²) < 4.78 is 24.0. The number of aliphatic hydroxyl groups is 1. The fourth-order valence-corrected chi connectivity index (χ4v) is 1.55. The molecule has 13 heavy (non-hydrogen) atoms. The zero-order valence-electron chi connectivity index (χ0n) is 7.25. The van der Waals surface area contributed by atoms with E-state index in [0.29, 0.717) is 13.0 Å². The number of alkyl halides is 2. The molecule has 0 aliphatic carbocycles. The molecular weight excluding hydrogens is 180 g/mol. The predicted molar refractivity (Wildman–Crippen MR) is 42.4 cm³/mol. The number of hydrogen-bond donors (Lipinski definition) is 1. The van der Waals surface area contributed by atoms with Crippen LogP contribution in [0.5, 0.6) is 0 Å². The standard InChI is InChI=1S/C8H13F2NO2/c9-7(10)8(13)11-3-1-2-6(4-11)5-12/h6-7,12H,1-5H2. The van der Waals surface area contributed by atoms with Crippen molar-refractivity contribution < 1.29 is 18.7 Å². The largest absolute Gasteiger partial charge is 0.396 e. The second-order valence-electron chi connectivity index (χ2n) is 3.28. The molecule has 1 aliphatic heterocycles. The van der Waals surface area contributed by atoms with Gasteiger partial charge in [0.25, 0.3) is 5.91 Å². The molecule has 1 unspecified atom stereocenters. The summed E-state index contributed by atoms with van der Waals surface area (Å²) in [6.45, 7) is 0.617. The van der Waals surface area contributed by atoms with Crippen LogP contribution in [0.2, 0.25) is 0 Å². The third-order valence-electron chi connectivity index (χ3n) is 2.28. The Morgan fingerprint density at radius 2 is 2.31 bits per heavy atom. The van der Waals surface area contributed by atoms with E-state index in [1.807, 2.05) is 0 Å². The summed E-state index contributed by atoms with van der Waals surface area (Å²) in [4.78, 5) is 12.0. The van der Waals surface area contributed by atoms with Crippen molar-refractivity contribution in [2.24, 2.45) is 5.92 Å². The van der Waals surface area contributed by atoms with Gasteiger partial charge in [0.15, 0.2) is 0 Å². The number of rotatable bonds is 2. The molecule has 3 nitrogen and oxygen atoms in total. The number of hydrogen-bond acceptors (Lipinski definition) is 2. The molecule has 0 aromatic carbocycles. The number of likely N-dealkylation sites (tertiary alicyclic amines) is 1. The first-order valence-electron chi connectivity index (χ1n) is 4.33. The molecule has 76 valence electrons. The van der Waals surface area contributed by atoms with Crippen molar-refractivity contribution in [1.82, 2.24) is 4.90 Å². The molecule has 0 radical (unpaired) electrons. The van der Waals surface area contributed by atoms with Crippen molar-refractivity contribution in [3.05, 3.63) is 0 Å². The molecule has 1 fully saturated rings. The van der Waals surface area contributed by atoms with Gasteiger partial charge in [-0.2, -0.15) is 8.78 Å². The summed E-state index contributed by atoms with van der Waals surface area (Å²) in [5.41, 5.74) is 0. The quantitative estimate of drug-likeness (QED) is 0.693. The van der Waals surface area contributed by atoms with Crippen molar-refractivity contribution >= 4 is 5.91 Å². The second kappa shape index (κ2) is 4.50. The summed E-state index contributed by atoms with van der Waals surface area (Å²) in [6.07, 6.45) is -1.41. The molecule has 1 aliphatic rings. The Morgan fingerprint density at radius 1 is 1.62 bits per heavy atom. The van der Waals surface area contributed by atoms with E-state index in [9.17, 15) is 13.6 Å². The average Bonchev–Trinajstić information content (AvgIpc) is 2.16. The minimum atomic E-state index is -2.92. The fraction of sp³-hybridized carbons (Fsp3) is 0.875. The van der Waals surface area contributed by atoms with E-state index < -0.39 is 12.3 Å². The van der Waals surface area contributed by atoms with E-state index >= 15 is 0 Å². The minimum Gasteiger partial charge on any atom is -0.396 e. The lowest BCUT2D eigenvalue weighted by Gasteiger charge is -2.31. The molecule has 1 N–H and O–H groups in total. The predicted octanol–water partition coefficient (Wildman–Crippen LogP) is 0.482. The first-order valence-corrected chi connectivity index (χ1v) is 4.33. The Labute approximate surface area is 75.3 Å². The number of aliphatic hydroxyl groups excluding tert-OH is 1. The summed E-state index contributed by atoms with van der Waals surface area (Å²) in [6, 6.07) is 0. The first-order chi connectivity index (χ1) is 6.15. The van der Waals surface area contributed by atoms with Crippen LogP contribution >= 0.6 is 0 Å². The lowest BCUT2D eigenvalue weighted by molar-refractivity contribution is -0.145. The molecule has 0 spiro atoms. The van der Waals surface area contributed by atoms with Gasteiger partial charge in [-0.25, -0.2) is 0 Å². The van der Waals surface area contributed by atoms with Crippen molar-refractivity contribution in [3.8, 4) is 0 Å². The number of carbonyl (C=O) groups excluding carboxylic acids is 1. The second-order valence-corrected chi connectivity index (χ2v) is 3.28. The Morgan fingerprint density at radius 3 is 2.85 bits per heavy atom. The Balaban J connectivity index is 2.46. The molecule has 1 saturated heterocycles. The van der Waals surface area contributed by atoms with Gasteiger partial charge in [0.1, 0.15) is 0 Å². The summed E-state index contributed by atoms with van der Waals surface area (Å²) in [7, 11) is 0. The summed E-state index contributed by atoms with van der Waals surface area (Å²) in [5, 5.41) is 8.80. The Hall–Kier alpha value is -0.710. The maximum atomic E-state index is 12.0. The number of halogens is 2. The molecule has 5 heteroatoms. The van der Waals surface area contributed by atoms with E-state index in [1.54, 1.807) is 0 Å². The third-order valence-corrected chi connectivity index (χ3v) is 2.28. The molecule has 0 bridgehead atoms. The van der Waals surface area contributed by atoms with Crippen LogP contribution in [0.1, 0.15) is 12.8 Å². The number of amides is 1. The van der Waals surface area contributed by atoms with Crippen LogP contribution in [0.15, 0.2) is 0 Å². The Bertz CT molecular complexity index is 187. The third kappa shape index (κ3) is 2.62. The van der Waals surface area contributed by atoms with E-state index in [2.05, 4.69) is 0 Å². The van der Waals surface area contributed by atoms with Crippen molar-refractivity contribution in [2.75, 3.05) is 19.7 Å². The van der Waals surface area contributed by atoms with E-state index in [-0.39, 0.29) is 19.1 Å². The average molecular weight is 193 g/mol. The molecule has 1 heterocycles. The van der Waals surface area contributed by atoms with Crippen LogP contribution in [0.25, 0.3) is 0 Å². The molecule has 1 atom stereocenters. The van der Waals surface area contributed by atoms with Crippen molar-refractivity contribution in [1.29, 1.82) is 0 Å². The highest BCUT2D eigenvalue weighted by Crippen LogP contribution is 2.17. The molecular formula is C8H13F2NO2. The zero-order chi connectivity index (χ0) is 9.84. The smallest absolute Gasteiger partial charge is 0.315 e. The fourth-order valence-electron chi connectivity index (χ4n) is 1.55. The van der Waals surface area contributed by atoms with Gasteiger partial charge in [-0.05, 0) is 18.8 Å². The molecule has 1 rings (SSSR count). The van der Waals surface area contributed by atoms with E-state index in [0.717, 1.165) is 11.3 Å². The lowest BCUT2D eigenvalue weighted by atomic mass is 9.99. The van der Waals surface area contributed by atoms with E-state index in [4.69, 9.17) is 5.11 Å². The summed E-state index contributed by atoms with van der Waals surface area (Å²) in [5.74, 6) is -1.14. The van der Waals surface area contributed by atoms with E-state index in [1.165, 1.54) is 0 Å². The topological polar surface area (TPSA) is 40.5 Å². The Kier molecular flexibility index (Phi) is 3.59. The van der Waals surface area contributed by atoms with Gasteiger partial charge in [-0.1, -0.05) is 0 Å². The van der Waals surface area contributed by atoms with Gasteiger partial charge >= 0.3 is 6.43 Å². The SMILES string of the molecule is O=C(C(F)F)N1CCCC(CO)C1. The normalized spacial score (nSPS) is 23.7. The number of carbonyl (C=O) groups is 1. The minimum absolute atomic E-state index is 0.0311. The van der Waals surface area contributed by atoms with Crippen molar-refractivity contribution in [2.45, 2.75) is 19.3 Å². The van der Waals surface area contributed by atoms with Crippen LogP contribution in [0.4, 0.5) is 8.78 Å². The molecule has 0 aromatic heterocycles. The van der Waals surface area contributed by atoms with Gasteiger partial charge in [-0.3, -0.25) is 4.79 Å². The molecule has 0 aromatic rings. The highest BCUT2D eigenvalue weighted by atomic mass is 19.3. The maximum Gasteiger partial charge on any atom is 0.315 e. The van der Waals surface area contributed by atoms with Gasteiger partial charge in [0.05, 0.1) is 0 Å². The van der Waals surface area contributed by atoms with Crippen LogP contribution < -0.4 is 0 Å². The number of piperidine rings is 1. The van der Waals surface area contributed by atoms with Gasteiger partial charge < -0.3 is 10.0 Å². The van der Waals surface area contributed by atoms with Crippen LogP contribution in [-0.4, -0.2) is 42.0 Å². The lowest BCUT2D eigenvalue weighted by Crippen LogP contribution is -2.43. The van der Waals surface area contributed by atoms with Gasteiger partial charge in [-0.15, -0.1) is 0 Å². The highest BCUT2D eigenvalue weighted by molar-refractivity contribution is 5.79. The van der Waals surface area contributed by atoms with Crippen LogP contribution in [-0.2, 0) is 4.79 Å². The monoisotopic (exact) mass is 193 g/mol. The first kappa shape index (κ1) is 10.4.